The van der Waals surface area contributed by atoms with E-state index in [0.29, 0.717) is 72.4 Å². The van der Waals surface area contributed by atoms with Crippen molar-refractivity contribution < 1.29 is 22.7 Å². The summed E-state index contributed by atoms with van der Waals surface area (Å²) in [5, 5.41) is 14.3. The van der Waals surface area contributed by atoms with Crippen LogP contribution in [0.25, 0.3) is 16.9 Å². The fourth-order valence-electron chi connectivity index (χ4n) is 4.87. The molecule has 1 atom stereocenters. The molecule has 0 bridgehead atoms. The molecule has 1 fully saturated rings. The Morgan fingerprint density at radius 2 is 1.85 bits per heavy atom. The Labute approximate surface area is 193 Å². The van der Waals surface area contributed by atoms with Gasteiger partial charge in [-0.05, 0) is 80.1 Å². The van der Waals surface area contributed by atoms with Crippen molar-refractivity contribution in [1.82, 2.24) is 9.78 Å². The molecule has 9 heteroatoms. The molecule has 0 spiro atoms. The lowest BCUT2D eigenvalue weighted by atomic mass is 10.0. The first kappa shape index (κ1) is 22.6. The SMILES string of the molecule is Cc1cc(-c2nn(-c3cc(N4CCC(O)C4)ccc3C(F)(F)F)c(=O)c3c2CCC3)ccc1F. The van der Waals surface area contributed by atoms with Gasteiger partial charge in [-0.25, -0.2) is 4.39 Å². The van der Waals surface area contributed by atoms with Gasteiger partial charge in [0, 0.05) is 29.9 Å². The predicted octanol–water partition coefficient (Wildman–Crippen LogP) is 4.43. The Balaban J connectivity index is 1.75. The zero-order valence-corrected chi connectivity index (χ0v) is 18.5. The number of halogens is 4. The second kappa shape index (κ2) is 8.23. The van der Waals surface area contributed by atoms with Gasteiger partial charge in [-0.3, -0.25) is 4.79 Å². The molecule has 1 aromatic heterocycles. The van der Waals surface area contributed by atoms with Crippen molar-refractivity contribution in [2.24, 2.45) is 0 Å². The van der Waals surface area contributed by atoms with Crippen LogP contribution in [0, 0.1) is 12.7 Å². The summed E-state index contributed by atoms with van der Waals surface area (Å²) < 4.78 is 56.7. The molecule has 34 heavy (non-hydrogen) atoms. The molecule has 0 radical (unpaired) electrons. The van der Waals surface area contributed by atoms with E-state index in [1.807, 2.05) is 0 Å². The standard InChI is InChI=1S/C25H23F4N3O2/c1-14-11-15(5-8-21(14)26)23-18-3-2-4-19(18)24(34)32(30-23)22-12-16(31-10-9-17(33)13-31)6-7-20(22)25(27,28)29/h5-8,11-12,17,33H,2-4,9-10,13H2,1H3. The molecule has 0 saturated carbocycles. The van der Waals surface area contributed by atoms with Crippen LogP contribution in [0.15, 0.2) is 41.2 Å². The van der Waals surface area contributed by atoms with Gasteiger partial charge in [0.15, 0.2) is 0 Å². The van der Waals surface area contributed by atoms with Crippen molar-refractivity contribution in [2.75, 3.05) is 18.0 Å². The van der Waals surface area contributed by atoms with Gasteiger partial charge in [-0.1, -0.05) is 0 Å². The third-order valence-corrected chi connectivity index (χ3v) is 6.63. The number of anilines is 1. The number of aliphatic hydroxyl groups excluding tert-OH is 1. The van der Waals surface area contributed by atoms with E-state index in [4.69, 9.17) is 0 Å². The lowest BCUT2D eigenvalue weighted by molar-refractivity contribution is -0.137. The van der Waals surface area contributed by atoms with Gasteiger partial charge in [0.05, 0.1) is 23.0 Å². The number of benzene rings is 2. The van der Waals surface area contributed by atoms with Crippen LogP contribution in [0.4, 0.5) is 23.2 Å². The van der Waals surface area contributed by atoms with Crippen LogP contribution in [0.2, 0.25) is 0 Å². The minimum atomic E-state index is -4.70. The Morgan fingerprint density at radius 3 is 2.53 bits per heavy atom. The maximum Gasteiger partial charge on any atom is 0.418 e. The van der Waals surface area contributed by atoms with Crippen LogP contribution in [0.3, 0.4) is 0 Å². The van der Waals surface area contributed by atoms with Crippen molar-refractivity contribution in [1.29, 1.82) is 0 Å². The summed E-state index contributed by atoms with van der Waals surface area (Å²) in [6.45, 7) is 2.40. The fraction of sp³-hybridized carbons (Fsp3) is 0.360. The van der Waals surface area contributed by atoms with E-state index in [9.17, 15) is 27.5 Å². The molecule has 1 saturated heterocycles. The van der Waals surface area contributed by atoms with Crippen LogP contribution in [0.1, 0.15) is 35.1 Å². The Bertz CT molecular complexity index is 1330. The number of aryl methyl sites for hydroxylation is 1. The number of alkyl halides is 3. The molecular formula is C25H23F4N3O2. The van der Waals surface area contributed by atoms with Gasteiger partial charge < -0.3 is 10.0 Å². The molecule has 178 valence electrons. The van der Waals surface area contributed by atoms with Crippen molar-refractivity contribution in [3.63, 3.8) is 0 Å². The number of rotatable bonds is 3. The van der Waals surface area contributed by atoms with E-state index in [0.717, 1.165) is 10.7 Å². The minimum absolute atomic E-state index is 0.303. The second-order valence-corrected chi connectivity index (χ2v) is 8.93. The Morgan fingerprint density at radius 1 is 1.09 bits per heavy atom. The highest BCUT2D eigenvalue weighted by Crippen LogP contribution is 2.37. The summed E-state index contributed by atoms with van der Waals surface area (Å²) in [7, 11) is 0. The van der Waals surface area contributed by atoms with Gasteiger partial charge in [0.2, 0.25) is 0 Å². The summed E-state index contributed by atoms with van der Waals surface area (Å²) in [5.74, 6) is -0.395. The van der Waals surface area contributed by atoms with Gasteiger partial charge in [0.25, 0.3) is 5.56 Å². The van der Waals surface area contributed by atoms with E-state index in [1.54, 1.807) is 17.9 Å². The highest BCUT2D eigenvalue weighted by atomic mass is 19.4. The van der Waals surface area contributed by atoms with E-state index in [2.05, 4.69) is 5.10 Å². The van der Waals surface area contributed by atoms with Crippen LogP contribution in [0.5, 0.6) is 0 Å². The lowest BCUT2D eigenvalue weighted by Crippen LogP contribution is -2.29. The number of aromatic nitrogens is 2. The van der Waals surface area contributed by atoms with Gasteiger partial charge in [0.1, 0.15) is 5.82 Å². The molecule has 2 heterocycles. The van der Waals surface area contributed by atoms with E-state index in [1.165, 1.54) is 24.3 Å². The Hall–Kier alpha value is -3.20. The molecular weight excluding hydrogens is 450 g/mol. The summed E-state index contributed by atoms with van der Waals surface area (Å²) in [5.41, 5.74) is 1.07. The van der Waals surface area contributed by atoms with Crippen LogP contribution in [-0.4, -0.2) is 34.1 Å². The quantitative estimate of drug-likeness (QED) is 0.572. The monoisotopic (exact) mass is 473 g/mol. The number of nitrogens with zero attached hydrogens (tertiary/aromatic N) is 3. The van der Waals surface area contributed by atoms with Gasteiger partial charge in [-0.15, -0.1) is 0 Å². The largest absolute Gasteiger partial charge is 0.418 e. The summed E-state index contributed by atoms with van der Waals surface area (Å²) in [4.78, 5) is 15.1. The number of fused-ring (bicyclic) bond motifs is 1. The molecule has 2 aromatic carbocycles. The highest BCUT2D eigenvalue weighted by Gasteiger charge is 2.36. The normalized spacial score (nSPS) is 17.9. The molecule has 1 aliphatic heterocycles. The fourth-order valence-corrected chi connectivity index (χ4v) is 4.87. The van der Waals surface area contributed by atoms with Crippen molar-refractivity contribution in [3.05, 3.63) is 74.8 Å². The second-order valence-electron chi connectivity index (χ2n) is 8.93. The van der Waals surface area contributed by atoms with E-state index in [-0.39, 0.29) is 5.69 Å². The highest BCUT2D eigenvalue weighted by molar-refractivity contribution is 5.67. The maximum atomic E-state index is 14.0. The molecule has 1 N–H and O–H groups in total. The molecule has 1 aliphatic carbocycles. The zero-order chi connectivity index (χ0) is 24.2. The van der Waals surface area contributed by atoms with Gasteiger partial charge >= 0.3 is 6.18 Å². The molecule has 5 rings (SSSR count). The molecule has 0 amide bonds. The first-order valence-corrected chi connectivity index (χ1v) is 11.2. The lowest BCUT2D eigenvalue weighted by Gasteiger charge is -2.22. The summed E-state index contributed by atoms with van der Waals surface area (Å²) >= 11 is 0. The van der Waals surface area contributed by atoms with E-state index < -0.39 is 29.2 Å². The summed E-state index contributed by atoms with van der Waals surface area (Å²) in [6.07, 6.45) is -3.01. The number of β-amino-alcohol motifs (C(OH)–C–C–N with tert-alkyl or cyclic N) is 1. The van der Waals surface area contributed by atoms with Crippen molar-refractivity contribution in [3.8, 4) is 16.9 Å². The van der Waals surface area contributed by atoms with Crippen LogP contribution < -0.4 is 10.5 Å². The third-order valence-electron chi connectivity index (χ3n) is 6.63. The van der Waals surface area contributed by atoms with Crippen molar-refractivity contribution in [2.45, 2.75) is 44.9 Å². The van der Waals surface area contributed by atoms with E-state index >= 15 is 0 Å². The van der Waals surface area contributed by atoms with Crippen LogP contribution >= 0.6 is 0 Å². The average Bonchev–Trinajstić information content (AvgIpc) is 3.45. The average molecular weight is 473 g/mol. The number of hydrogen-bond donors (Lipinski definition) is 1. The molecule has 2 aliphatic rings. The van der Waals surface area contributed by atoms with Gasteiger partial charge in [-0.2, -0.15) is 23.0 Å². The molecule has 5 nitrogen and oxygen atoms in total. The maximum absolute atomic E-state index is 14.0. The smallest absolute Gasteiger partial charge is 0.391 e. The molecule has 3 aromatic rings. The zero-order valence-electron chi connectivity index (χ0n) is 18.5. The predicted molar refractivity (Wildman–Crippen MR) is 120 cm³/mol. The Kier molecular flexibility index (Phi) is 5.47. The molecule has 1 unspecified atom stereocenters. The third kappa shape index (κ3) is 3.87. The first-order chi connectivity index (χ1) is 16.1. The topological polar surface area (TPSA) is 58.4 Å². The number of hydrogen-bond acceptors (Lipinski definition) is 4. The summed E-state index contributed by atoms with van der Waals surface area (Å²) in [6, 6.07) is 8.05. The number of aliphatic hydroxyl groups is 1. The van der Waals surface area contributed by atoms with Crippen molar-refractivity contribution >= 4 is 5.69 Å². The minimum Gasteiger partial charge on any atom is -0.391 e. The first-order valence-electron chi connectivity index (χ1n) is 11.2. The van der Waals surface area contributed by atoms with Crippen LogP contribution in [-0.2, 0) is 19.0 Å².